The van der Waals surface area contributed by atoms with E-state index in [1.54, 1.807) is 7.11 Å². The van der Waals surface area contributed by atoms with Crippen LogP contribution in [-0.4, -0.2) is 19.3 Å². The molecule has 0 aliphatic heterocycles. The Bertz CT molecular complexity index is 366. The number of hydrogen-bond donors (Lipinski definition) is 1. The lowest BCUT2D eigenvalue weighted by Gasteiger charge is -2.22. The van der Waals surface area contributed by atoms with Gasteiger partial charge < -0.3 is 15.2 Å². The van der Waals surface area contributed by atoms with Gasteiger partial charge in [0, 0.05) is 5.54 Å². The molecular weight excluding hydrogens is 282 g/mol. The lowest BCUT2D eigenvalue weighted by atomic mass is 10.0. The highest BCUT2D eigenvalue weighted by atomic mass is 79.9. The summed E-state index contributed by atoms with van der Waals surface area (Å²) in [7, 11) is 1.65. The second kappa shape index (κ2) is 6.38. The summed E-state index contributed by atoms with van der Waals surface area (Å²) in [5.74, 6) is 0.825. The van der Waals surface area contributed by atoms with Crippen LogP contribution in [0.1, 0.15) is 25.8 Å². The van der Waals surface area contributed by atoms with Crippen LogP contribution in [-0.2, 0) is 11.3 Å². The van der Waals surface area contributed by atoms with Crippen LogP contribution in [0, 0.1) is 0 Å². The zero-order valence-corrected chi connectivity index (χ0v) is 12.2. The molecule has 0 amide bonds. The molecule has 1 rings (SSSR count). The number of rotatable bonds is 6. The van der Waals surface area contributed by atoms with E-state index >= 15 is 0 Å². The Morgan fingerprint density at radius 3 is 2.65 bits per heavy atom. The van der Waals surface area contributed by atoms with Gasteiger partial charge in [-0.25, -0.2) is 0 Å². The molecule has 0 aliphatic carbocycles. The Kier molecular flexibility index (Phi) is 5.43. The number of nitrogens with two attached hydrogens (primary N) is 1. The topological polar surface area (TPSA) is 44.5 Å². The van der Waals surface area contributed by atoms with Crippen LogP contribution in [0.25, 0.3) is 0 Å². The van der Waals surface area contributed by atoms with Crippen LogP contribution in [0.3, 0.4) is 0 Å². The first-order valence-corrected chi connectivity index (χ1v) is 6.47. The molecule has 0 spiro atoms. The third-order valence-corrected chi connectivity index (χ3v) is 3.34. The van der Waals surface area contributed by atoms with E-state index < -0.39 is 0 Å². The Balaban J connectivity index is 2.50. The first-order valence-electron chi connectivity index (χ1n) is 5.67. The lowest BCUT2D eigenvalue weighted by Crippen LogP contribution is -2.40. The first kappa shape index (κ1) is 14.5. The molecule has 0 heterocycles. The molecule has 0 aliphatic rings. The predicted octanol–water partition coefficient (Wildman–Crippen LogP) is 3.10. The van der Waals surface area contributed by atoms with Gasteiger partial charge in [0.1, 0.15) is 5.75 Å². The van der Waals surface area contributed by atoms with E-state index in [2.05, 4.69) is 22.9 Å². The van der Waals surface area contributed by atoms with E-state index in [1.165, 1.54) is 0 Å². The Hall–Kier alpha value is -0.580. The summed E-state index contributed by atoms with van der Waals surface area (Å²) in [6, 6.07) is 5.91. The highest BCUT2D eigenvalue weighted by molar-refractivity contribution is 9.10. The van der Waals surface area contributed by atoms with Crippen LogP contribution in [0.15, 0.2) is 22.7 Å². The Labute approximate surface area is 111 Å². The van der Waals surface area contributed by atoms with E-state index in [-0.39, 0.29) is 5.54 Å². The van der Waals surface area contributed by atoms with Gasteiger partial charge in [0.2, 0.25) is 0 Å². The summed E-state index contributed by atoms with van der Waals surface area (Å²) in [4.78, 5) is 0. The molecular formula is C13H20BrNO2. The molecule has 0 saturated heterocycles. The van der Waals surface area contributed by atoms with Gasteiger partial charge in [-0.05, 0) is 47.0 Å². The average Bonchev–Trinajstić information content (AvgIpc) is 2.29. The molecule has 0 aromatic heterocycles. The fraction of sp³-hybridized carbons (Fsp3) is 0.538. The van der Waals surface area contributed by atoms with Gasteiger partial charge in [0.05, 0.1) is 24.8 Å². The highest BCUT2D eigenvalue weighted by Gasteiger charge is 2.15. The largest absolute Gasteiger partial charge is 0.496 e. The third kappa shape index (κ3) is 4.66. The summed E-state index contributed by atoms with van der Waals surface area (Å²) in [5, 5.41) is 0. The molecule has 1 aromatic carbocycles. The number of halogens is 1. The quantitative estimate of drug-likeness (QED) is 0.878. The zero-order chi connectivity index (χ0) is 12.9. The zero-order valence-electron chi connectivity index (χ0n) is 10.6. The molecule has 4 heteroatoms. The van der Waals surface area contributed by atoms with Crippen LogP contribution in [0.5, 0.6) is 5.75 Å². The Morgan fingerprint density at radius 2 is 2.12 bits per heavy atom. The fourth-order valence-corrected chi connectivity index (χ4v) is 1.89. The molecule has 3 nitrogen and oxygen atoms in total. The summed E-state index contributed by atoms with van der Waals surface area (Å²) < 4.78 is 11.7. The smallest absolute Gasteiger partial charge is 0.133 e. The van der Waals surface area contributed by atoms with Crippen LogP contribution in [0.4, 0.5) is 0 Å². The third-order valence-electron chi connectivity index (χ3n) is 2.72. The van der Waals surface area contributed by atoms with Crippen molar-refractivity contribution in [2.24, 2.45) is 5.73 Å². The van der Waals surface area contributed by atoms with Crippen molar-refractivity contribution in [3.05, 3.63) is 28.2 Å². The van der Waals surface area contributed by atoms with Crippen LogP contribution in [0.2, 0.25) is 0 Å². The Morgan fingerprint density at radius 1 is 1.41 bits per heavy atom. The summed E-state index contributed by atoms with van der Waals surface area (Å²) >= 11 is 3.45. The van der Waals surface area contributed by atoms with Gasteiger partial charge in [-0.2, -0.15) is 0 Å². The van der Waals surface area contributed by atoms with E-state index in [9.17, 15) is 0 Å². The van der Waals surface area contributed by atoms with Crippen molar-refractivity contribution in [3.63, 3.8) is 0 Å². The van der Waals surface area contributed by atoms with Crippen molar-refractivity contribution in [1.82, 2.24) is 0 Å². The van der Waals surface area contributed by atoms with Crippen molar-refractivity contribution in [1.29, 1.82) is 0 Å². The first-order chi connectivity index (χ1) is 7.98. The van der Waals surface area contributed by atoms with Crippen molar-refractivity contribution in [2.45, 2.75) is 32.4 Å². The fourth-order valence-electron chi connectivity index (χ4n) is 1.30. The number of ether oxygens (including phenoxy) is 2. The van der Waals surface area contributed by atoms with E-state index in [0.29, 0.717) is 13.2 Å². The molecule has 1 atom stereocenters. The van der Waals surface area contributed by atoms with Crippen LogP contribution >= 0.6 is 15.9 Å². The van der Waals surface area contributed by atoms with Gasteiger partial charge >= 0.3 is 0 Å². The van der Waals surface area contributed by atoms with Gasteiger partial charge in [-0.3, -0.25) is 0 Å². The molecule has 0 fully saturated rings. The van der Waals surface area contributed by atoms with Crippen LogP contribution < -0.4 is 10.5 Å². The second-order valence-electron chi connectivity index (χ2n) is 4.47. The van der Waals surface area contributed by atoms with Crippen molar-refractivity contribution < 1.29 is 9.47 Å². The monoisotopic (exact) mass is 301 g/mol. The average molecular weight is 302 g/mol. The maximum Gasteiger partial charge on any atom is 0.133 e. The maximum absolute atomic E-state index is 6.00. The van der Waals surface area contributed by atoms with E-state index in [1.807, 2.05) is 25.1 Å². The minimum atomic E-state index is -0.246. The van der Waals surface area contributed by atoms with Gasteiger partial charge in [-0.15, -0.1) is 0 Å². The molecule has 2 N–H and O–H groups in total. The standard InChI is InChI=1S/C13H20BrNO2/c1-4-13(2,15)9-17-8-10-5-6-12(16-3)11(14)7-10/h5-7H,4,8-9,15H2,1-3H3. The van der Waals surface area contributed by atoms with Crippen molar-refractivity contribution >= 4 is 15.9 Å². The molecule has 0 radical (unpaired) electrons. The highest BCUT2D eigenvalue weighted by Crippen LogP contribution is 2.25. The lowest BCUT2D eigenvalue weighted by molar-refractivity contribution is 0.0777. The number of methoxy groups -OCH3 is 1. The molecule has 0 saturated carbocycles. The second-order valence-corrected chi connectivity index (χ2v) is 5.32. The van der Waals surface area contributed by atoms with E-state index in [0.717, 1.165) is 22.2 Å². The summed E-state index contributed by atoms with van der Waals surface area (Å²) in [6.07, 6.45) is 0.902. The minimum absolute atomic E-state index is 0.246. The number of hydrogen-bond acceptors (Lipinski definition) is 3. The predicted molar refractivity (Wildman–Crippen MR) is 73.2 cm³/mol. The minimum Gasteiger partial charge on any atom is -0.496 e. The normalized spacial score (nSPS) is 14.4. The summed E-state index contributed by atoms with van der Waals surface area (Å²) in [6.45, 7) is 5.19. The maximum atomic E-state index is 6.00. The van der Waals surface area contributed by atoms with Crippen molar-refractivity contribution in [3.8, 4) is 5.75 Å². The van der Waals surface area contributed by atoms with Crippen molar-refractivity contribution in [2.75, 3.05) is 13.7 Å². The van der Waals surface area contributed by atoms with Gasteiger partial charge in [-0.1, -0.05) is 13.0 Å². The molecule has 96 valence electrons. The molecule has 17 heavy (non-hydrogen) atoms. The van der Waals surface area contributed by atoms with Gasteiger partial charge in [0.15, 0.2) is 0 Å². The molecule has 1 aromatic rings. The summed E-state index contributed by atoms with van der Waals surface area (Å²) in [5.41, 5.74) is 6.86. The molecule has 0 bridgehead atoms. The number of benzene rings is 1. The van der Waals surface area contributed by atoms with E-state index in [4.69, 9.17) is 15.2 Å². The molecule has 1 unspecified atom stereocenters. The van der Waals surface area contributed by atoms with Gasteiger partial charge in [0.25, 0.3) is 0 Å². The SMILES string of the molecule is CCC(C)(N)COCc1ccc(OC)c(Br)c1.